The Hall–Kier alpha value is -0.830. The van der Waals surface area contributed by atoms with Gasteiger partial charge >= 0.3 is 5.97 Å². The van der Waals surface area contributed by atoms with E-state index in [1.807, 2.05) is 23.8 Å². The van der Waals surface area contributed by atoms with Crippen molar-refractivity contribution in [2.75, 3.05) is 0 Å². The first-order chi connectivity index (χ1) is 6.24. The van der Waals surface area contributed by atoms with Gasteiger partial charge in [0.05, 0.1) is 5.92 Å². The Kier molecular flexibility index (Phi) is 3.96. The fraction of sp³-hybridized carbons (Fsp3) is 0.500. The van der Waals surface area contributed by atoms with Crippen LogP contribution in [0.5, 0.6) is 0 Å². The molecular formula is C10H14O2S. The number of carboxylic acids is 1. The van der Waals surface area contributed by atoms with Gasteiger partial charge in [-0.15, -0.1) is 0 Å². The lowest BCUT2D eigenvalue weighted by Gasteiger charge is -2.08. The van der Waals surface area contributed by atoms with Crippen LogP contribution in [0, 0.1) is 5.92 Å². The van der Waals surface area contributed by atoms with Crippen molar-refractivity contribution in [1.82, 2.24) is 0 Å². The molecule has 0 bridgehead atoms. The summed E-state index contributed by atoms with van der Waals surface area (Å²) in [6, 6.07) is 2.00. The van der Waals surface area contributed by atoms with Gasteiger partial charge in [-0.2, -0.15) is 11.3 Å². The summed E-state index contributed by atoms with van der Waals surface area (Å²) in [6.45, 7) is 2.02. The van der Waals surface area contributed by atoms with Gasteiger partial charge in [0, 0.05) is 0 Å². The Morgan fingerprint density at radius 2 is 2.46 bits per heavy atom. The molecule has 0 radical (unpaired) electrons. The molecule has 1 heterocycles. The zero-order chi connectivity index (χ0) is 9.68. The van der Waals surface area contributed by atoms with E-state index >= 15 is 0 Å². The Labute approximate surface area is 82.2 Å². The molecule has 0 aliphatic heterocycles. The van der Waals surface area contributed by atoms with Crippen LogP contribution in [-0.2, 0) is 11.2 Å². The van der Waals surface area contributed by atoms with Crippen molar-refractivity contribution < 1.29 is 9.90 Å². The number of hydrogen-bond acceptors (Lipinski definition) is 2. The topological polar surface area (TPSA) is 37.3 Å². The van der Waals surface area contributed by atoms with E-state index in [2.05, 4.69) is 0 Å². The number of hydrogen-bond donors (Lipinski definition) is 1. The molecule has 1 rings (SSSR count). The van der Waals surface area contributed by atoms with Crippen molar-refractivity contribution >= 4 is 17.3 Å². The highest BCUT2D eigenvalue weighted by molar-refractivity contribution is 7.07. The lowest BCUT2D eigenvalue weighted by atomic mass is 9.97. The van der Waals surface area contributed by atoms with Gasteiger partial charge in [0.1, 0.15) is 0 Å². The first kappa shape index (κ1) is 10.3. The normalized spacial score (nSPS) is 12.7. The molecule has 2 nitrogen and oxygen atoms in total. The molecular weight excluding hydrogens is 184 g/mol. The molecule has 0 unspecified atom stereocenters. The summed E-state index contributed by atoms with van der Waals surface area (Å²) in [7, 11) is 0. The minimum absolute atomic E-state index is 0.209. The third-order valence-electron chi connectivity index (χ3n) is 2.05. The third-order valence-corrected chi connectivity index (χ3v) is 2.78. The van der Waals surface area contributed by atoms with Gasteiger partial charge in [0.15, 0.2) is 0 Å². The molecule has 0 aliphatic rings. The van der Waals surface area contributed by atoms with E-state index in [0.29, 0.717) is 6.42 Å². The standard InChI is InChI=1S/C10H14O2S/c1-2-3-9(10(11)12)6-8-4-5-13-7-8/h4-5,7,9H,2-3,6H2,1H3,(H,11,12)/t9-/m1/s1. The predicted molar refractivity (Wildman–Crippen MR) is 54.1 cm³/mol. The summed E-state index contributed by atoms with van der Waals surface area (Å²) in [6.07, 6.45) is 2.37. The van der Waals surface area contributed by atoms with Crippen molar-refractivity contribution in [1.29, 1.82) is 0 Å². The second-order valence-corrected chi connectivity index (χ2v) is 3.94. The predicted octanol–water partition coefficient (Wildman–Crippen LogP) is 2.79. The van der Waals surface area contributed by atoms with Crippen LogP contribution in [0.25, 0.3) is 0 Å². The number of carbonyl (C=O) groups is 1. The van der Waals surface area contributed by atoms with E-state index in [-0.39, 0.29) is 5.92 Å². The SMILES string of the molecule is CCC[C@H](Cc1ccsc1)C(=O)O. The van der Waals surface area contributed by atoms with E-state index in [4.69, 9.17) is 5.11 Å². The fourth-order valence-corrected chi connectivity index (χ4v) is 2.04. The number of carboxylic acid groups (broad SMARTS) is 1. The summed E-state index contributed by atoms with van der Waals surface area (Å²) >= 11 is 1.62. The van der Waals surface area contributed by atoms with Crippen LogP contribution in [-0.4, -0.2) is 11.1 Å². The average molecular weight is 198 g/mol. The van der Waals surface area contributed by atoms with Crippen molar-refractivity contribution in [2.24, 2.45) is 5.92 Å². The Morgan fingerprint density at radius 3 is 2.92 bits per heavy atom. The molecule has 0 fully saturated rings. The molecule has 1 atom stereocenters. The minimum atomic E-state index is -0.673. The van der Waals surface area contributed by atoms with E-state index in [9.17, 15) is 4.79 Å². The number of thiophene rings is 1. The molecule has 0 amide bonds. The van der Waals surface area contributed by atoms with Crippen LogP contribution < -0.4 is 0 Å². The Morgan fingerprint density at radius 1 is 1.69 bits per heavy atom. The van der Waals surface area contributed by atoms with Gasteiger partial charge in [0.2, 0.25) is 0 Å². The van der Waals surface area contributed by atoms with Crippen LogP contribution in [0.1, 0.15) is 25.3 Å². The zero-order valence-corrected chi connectivity index (χ0v) is 8.51. The van der Waals surface area contributed by atoms with Crippen LogP contribution in [0.15, 0.2) is 16.8 Å². The quantitative estimate of drug-likeness (QED) is 0.790. The molecule has 0 aliphatic carbocycles. The van der Waals surface area contributed by atoms with Crippen molar-refractivity contribution in [3.63, 3.8) is 0 Å². The molecule has 0 spiro atoms. The average Bonchev–Trinajstić information content (AvgIpc) is 2.56. The lowest BCUT2D eigenvalue weighted by molar-refractivity contribution is -0.141. The third kappa shape index (κ3) is 3.19. The Balaban J connectivity index is 2.52. The summed E-state index contributed by atoms with van der Waals surface area (Å²) in [4.78, 5) is 10.8. The van der Waals surface area contributed by atoms with Crippen LogP contribution in [0.4, 0.5) is 0 Å². The van der Waals surface area contributed by atoms with Gasteiger partial charge in [0.25, 0.3) is 0 Å². The lowest BCUT2D eigenvalue weighted by Crippen LogP contribution is -2.15. The smallest absolute Gasteiger partial charge is 0.306 e. The highest BCUT2D eigenvalue weighted by atomic mass is 32.1. The fourth-order valence-electron chi connectivity index (χ4n) is 1.35. The van der Waals surface area contributed by atoms with Gasteiger partial charge < -0.3 is 5.11 Å². The first-order valence-corrected chi connectivity index (χ1v) is 5.42. The number of aliphatic carboxylic acids is 1. The highest BCUT2D eigenvalue weighted by Gasteiger charge is 2.16. The molecule has 1 aromatic rings. The summed E-state index contributed by atoms with van der Waals surface area (Å²) in [5.74, 6) is -0.882. The summed E-state index contributed by atoms with van der Waals surface area (Å²) in [5.41, 5.74) is 1.14. The van der Waals surface area contributed by atoms with Crippen molar-refractivity contribution in [3.05, 3.63) is 22.4 Å². The molecule has 0 saturated carbocycles. The maximum absolute atomic E-state index is 10.8. The maximum Gasteiger partial charge on any atom is 0.306 e. The van der Waals surface area contributed by atoms with Gasteiger partial charge in [-0.1, -0.05) is 13.3 Å². The molecule has 3 heteroatoms. The number of rotatable bonds is 5. The van der Waals surface area contributed by atoms with Crippen molar-refractivity contribution in [2.45, 2.75) is 26.2 Å². The second-order valence-electron chi connectivity index (χ2n) is 3.16. The van der Waals surface area contributed by atoms with Crippen LogP contribution >= 0.6 is 11.3 Å². The zero-order valence-electron chi connectivity index (χ0n) is 7.69. The monoisotopic (exact) mass is 198 g/mol. The molecule has 0 saturated heterocycles. The van der Waals surface area contributed by atoms with Crippen LogP contribution in [0.3, 0.4) is 0 Å². The van der Waals surface area contributed by atoms with E-state index in [1.54, 1.807) is 11.3 Å². The second kappa shape index (κ2) is 5.02. The van der Waals surface area contributed by atoms with Crippen LogP contribution in [0.2, 0.25) is 0 Å². The van der Waals surface area contributed by atoms with Crippen molar-refractivity contribution in [3.8, 4) is 0 Å². The molecule has 1 aromatic heterocycles. The summed E-state index contributed by atoms with van der Waals surface area (Å²) < 4.78 is 0. The van der Waals surface area contributed by atoms with E-state index < -0.39 is 5.97 Å². The van der Waals surface area contributed by atoms with Gasteiger partial charge in [-0.25, -0.2) is 0 Å². The molecule has 13 heavy (non-hydrogen) atoms. The van der Waals surface area contributed by atoms with Gasteiger partial charge in [-0.05, 0) is 35.2 Å². The largest absolute Gasteiger partial charge is 0.481 e. The maximum atomic E-state index is 10.8. The molecule has 72 valence electrons. The van der Waals surface area contributed by atoms with E-state index in [0.717, 1.165) is 18.4 Å². The Bertz CT molecular complexity index is 254. The molecule has 1 N–H and O–H groups in total. The highest BCUT2D eigenvalue weighted by Crippen LogP contribution is 2.16. The van der Waals surface area contributed by atoms with E-state index in [1.165, 1.54) is 0 Å². The summed E-state index contributed by atoms with van der Waals surface area (Å²) in [5, 5.41) is 12.9. The minimum Gasteiger partial charge on any atom is -0.481 e. The molecule has 0 aromatic carbocycles. The first-order valence-electron chi connectivity index (χ1n) is 4.48. The van der Waals surface area contributed by atoms with Gasteiger partial charge in [-0.3, -0.25) is 4.79 Å².